The van der Waals surface area contributed by atoms with E-state index in [9.17, 15) is 4.79 Å². The highest BCUT2D eigenvalue weighted by Crippen LogP contribution is 2.02. The molecule has 1 aromatic heterocycles. The smallest absolute Gasteiger partial charge is 0.312 e. The first-order chi connectivity index (χ1) is 8.18. The number of nitrogens with zero attached hydrogens (tertiary/aromatic N) is 2. The number of aromatic nitrogens is 1. The molecule has 2 amide bonds. The predicted molar refractivity (Wildman–Crippen MR) is 67.4 cm³/mol. The van der Waals surface area contributed by atoms with Gasteiger partial charge in [0.15, 0.2) is 0 Å². The molecule has 5 heteroatoms. The molecular formula is C12H20N4O. The van der Waals surface area contributed by atoms with Crippen LogP contribution >= 0.6 is 0 Å². The van der Waals surface area contributed by atoms with Crippen LogP contribution in [-0.2, 0) is 6.54 Å². The minimum absolute atomic E-state index is 0.385. The Balaban J connectivity index is 0.000000202. The van der Waals surface area contributed by atoms with E-state index in [0.29, 0.717) is 6.54 Å². The summed E-state index contributed by atoms with van der Waals surface area (Å²) in [4.78, 5) is 16.6. The number of urea groups is 1. The quantitative estimate of drug-likeness (QED) is 0.803. The van der Waals surface area contributed by atoms with Crippen molar-refractivity contribution in [1.29, 1.82) is 0 Å². The van der Waals surface area contributed by atoms with Gasteiger partial charge in [0, 0.05) is 6.20 Å². The summed E-state index contributed by atoms with van der Waals surface area (Å²) in [5.74, 6) is 0. The summed E-state index contributed by atoms with van der Waals surface area (Å²) in [6.45, 7) is 3.02. The third kappa shape index (κ3) is 6.52. The molecule has 2 heterocycles. The van der Waals surface area contributed by atoms with Gasteiger partial charge < -0.3 is 16.0 Å². The molecular weight excluding hydrogens is 216 g/mol. The molecule has 3 N–H and O–H groups in total. The zero-order valence-electron chi connectivity index (χ0n) is 10.2. The van der Waals surface area contributed by atoms with Crippen LogP contribution in [-0.4, -0.2) is 36.1 Å². The Kier molecular flexibility index (Phi) is 6.03. The SMILES string of the molecule is CN1CCCC1.NC(=O)NCc1ccccn1. The number of rotatable bonds is 2. The van der Waals surface area contributed by atoms with Crippen LogP contribution < -0.4 is 11.1 Å². The van der Waals surface area contributed by atoms with E-state index >= 15 is 0 Å². The molecule has 0 bridgehead atoms. The minimum atomic E-state index is -0.532. The summed E-state index contributed by atoms with van der Waals surface area (Å²) in [5, 5.41) is 2.44. The topological polar surface area (TPSA) is 71.2 Å². The molecule has 2 rings (SSSR count). The van der Waals surface area contributed by atoms with Gasteiger partial charge in [0.05, 0.1) is 12.2 Å². The summed E-state index contributed by atoms with van der Waals surface area (Å²) in [6.07, 6.45) is 4.49. The molecule has 1 aliphatic rings. The van der Waals surface area contributed by atoms with E-state index in [4.69, 9.17) is 5.73 Å². The van der Waals surface area contributed by atoms with Crippen LogP contribution in [0.4, 0.5) is 4.79 Å². The summed E-state index contributed by atoms with van der Waals surface area (Å²) < 4.78 is 0. The second-order valence-electron chi connectivity index (χ2n) is 4.05. The molecule has 1 saturated heterocycles. The molecule has 94 valence electrons. The van der Waals surface area contributed by atoms with Crippen LogP contribution in [0.1, 0.15) is 18.5 Å². The van der Waals surface area contributed by atoms with Crippen molar-refractivity contribution in [3.63, 3.8) is 0 Å². The van der Waals surface area contributed by atoms with Crippen molar-refractivity contribution < 1.29 is 4.79 Å². The number of amides is 2. The number of primary amides is 1. The Morgan fingerprint density at radius 1 is 1.47 bits per heavy atom. The highest BCUT2D eigenvalue weighted by atomic mass is 16.2. The van der Waals surface area contributed by atoms with Crippen LogP contribution in [0.2, 0.25) is 0 Å². The van der Waals surface area contributed by atoms with Gasteiger partial charge in [-0.2, -0.15) is 0 Å². The van der Waals surface area contributed by atoms with Crippen LogP contribution in [0.25, 0.3) is 0 Å². The Labute approximate surface area is 102 Å². The van der Waals surface area contributed by atoms with Crippen LogP contribution in [0.3, 0.4) is 0 Å². The van der Waals surface area contributed by atoms with E-state index in [-0.39, 0.29) is 0 Å². The van der Waals surface area contributed by atoms with Gasteiger partial charge in [0.1, 0.15) is 0 Å². The first kappa shape index (κ1) is 13.4. The van der Waals surface area contributed by atoms with Gasteiger partial charge in [0.25, 0.3) is 0 Å². The molecule has 0 radical (unpaired) electrons. The monoisotopic (exact) mass is 236 g/mol. The van der Waals surface area contributed by atoms with E-state index in [1.165, 1.54) is 25.9 Å². The fourth-order valence-electron chi connectivity index (χ4n) is 1.56. The molecule has 1 fully saturated rings. The summed E-state index contributed by atoms with van der Waals surface area (Å²) >= 11 is 0. The van der Waals surface area contributed by atoms with Gasteiger partial charge in [-0.3, -0.25) is 4.98 Å². The Morgan fingerprint density at radius 3 is 2.59 bits per heavy atom. The Hall–Kier alpha value is -1.62. The fraction of sp³-hybridized carbons (Fsp3) is 0.500. The van der Waals surface area contributed by atoms with Crippen molar-refractivity contribution >= 4 is 6.03 Å². The third-order valence-corrected chi connectivity index (χ3v) is 2.50. The number of pyridine rings is 1. The molecule has 0 saturated carbocycles. The average molecular weight is 236 g/mol. The number of hydrogen-bond acceptors (Lipinski definition) is 3. The highest BCUT2D eigenvalue weighted by molar-refractivity contribution is 5.71. The van der Waals surface area contributed by atoms with Crippen molar-refractivity contribution in [2.24, 2.45) is 5.73 Å². The first-order valence-corrected chi connectivity index (χ1v) is 5.80. The molecule has 0 unspecified atom stereocenters. The van der Waals surface area contributed by atoms with E-state index < -0.39 is 6.03 Å². The number of hydrogen-bond donors (Lipinski definition) is 2. The maximum Gasteiger partial charge on any atom is 0.312 e. The van der Waals surface area contributed by atoms with Gasteiger partial charge in [-0.05, 0) is 45.1 Å². The number of nitrogens with one attached hydrogen (secondary N) is 1. The minimum Gasteiger partial charge on any atom is -0.352 e. The second-order valence-corrected chi connectivity index (χ2v) is 4.05. The molecule has 17 heavy (non-hydrogen) atoms. The number of likely N-dealkylation sites (tertiary alicyclic amines) is 1. The zero-order chi connectivity index (χ0) is 12.5. The van der Waals surface area contributed by atoms with Crippen LogP contribution in [0.5, 0.6) is 0 Å². The Bertz CT molecular complexity index is 323. The van der Waals surface area contributed by atoms with Crippen LogP contribution in [0.15, 0.2) is 24.4 Å². The molecule has 0 aromatic carbocycles. The third-order valence-electron chi connectivity index (χ3n) is 2.50. The Morgan fingerprint density at radius 2 is 2.18 bits per heavy atom. The lowest BCUT2D eigenvalue weighted by Gasteiger charge is -2.01. The highest BCUT2D eigenvalue weighted by Gasteiger charge is 2.03. The van der Waals surface area contributed by atoms with Gasteiger partial charge >= 0.3 is 6.03 Å². The summed E-state index contributed by atoms with van der Waals surface area (Å²) in [5.41, 5.74) is 5.66. The van der Waals surface area contributed by atoms with Gasteiger partial charge in [-0.15, -0.1) is 0 Å². The molecule has 0 aliphatic carbocycles. The summed E-state index contributed by atoms with van der Waals surface area (Å²) in [6, 6.07) is 4.95. The van der Waals surface area contributed by atoms with E-state index in [1.807, 2.05) is 18.2 Å². The predicted octanol–water partition coefficient (Wildman–Crippen LogP) is 0.962. The van der Waals surface area contributed by atoms with Crippen molar-refractivity contribution in [3.8, 4) is 0 Å². The van der Waals surface area contributed by atoms with Crippen molar-refractivity contribution in [1.82, 2.24) is 15.2 Å². The largest absolute Gasteiger partial charge is 0.352 e. The lowest BCUT2D eigenvalue weighted by molar-refractivity contribution is 0.248. The second kappa shape index (κ2) is 7.62. The molecule has 1 aliphatic heterocycles. The first-order valence-electron chi connectivity index (χ1n) is 5.80. The van der Waals surface area contributed by atoms with Gasteiger partial charge in [-0.25, -0.2) is 4.79 Å². The van der Waals surface area contributed by atoms with E-state index in [1.54, 1.807) is 6.20 Å². The van der Waals surface area contributed by atoms with E-state index in [2.05, 4.69) is 22.2 Å². The summed E-state index contributed by atoms with van der Waals surface area (Å²) in [7, 11) is 2.17. The van der Waals surface area contributed by atoms with Gasteiger partial charge in [-0.1, -0.05) is 6.07 Å². The van der Waals surface area contributed by atoms with Crippen molar-refractivity contribution in [3.05, 3.63) is 30.1 Å². The van der Waals surface area contributed by atoms with Crippen molar-refractivity contribution in [2.75, 3.05) is 20.1 Å². The molecule has 5 nitrogen and oxygen atoms in total. The van der Waals surface area contributed by atoms with E-state index in [0.717, 1.165) is 5.69 Å². The van der Waals surface area contributed by atoms with Crippen LogP contribution in [0, 0.1) is 0 Å². The number of carbonyl (C=O) groups is 1. The fourth-order valence-corrected chi connectivity index (χ4v) is 1.56. The lowest BCUT2D eigenvalue weighted by Crippen LogP contribution is -2.28. The normalized spacial score (nSPS) is 14.9. The number of nitrogens with two attached hydrogens (primary N) is 1. The lowest BCUT2D eigenvalue weighted by atomic mass is 10.3. The standard InChI is InChI=1S/C7H9N3O.C5H11N/c8-7(11)10-5-6-3-1-2-4-9-6;1-6-4-2-3-5-6/h1-4H,5H2,(H3,8,10,11);2-5H2,1H3. The van der Waals surface area contributed by atoms with Crippen molar-refractivity contribution in [2.45, 2.75) is 19.4 Å². The average Bonchev–Trinajstić information content (AvgIpc) is 2.80. The number of carbonyl (C=O) groups excluding carboxylic acids is 1. The molecule has 0 atom stereocenters. The van der Waals surface area contributed by atoms with Gasteiger partial charge in [0.2, 0.25) is 0 Å². The zero-order valence-corrected chi connectivity index (χ0v) is 10.2. The maximum atomic E-state index is 10.3. The molecule has 0 spiro atoms. The molecule has 1 aromatic rings. The maximum absolute atomic E-state index is 10.3.